The summed E-state index contributed by atoms with van der Waals surface area (Å²) in [5, 5.41) is 0. The minimum absolute atomic E-state index is 0.315. The first-order chi connectivity index (χ1) is 6.58. The zero-order valence-electron chi connectivity index (χ0n) is 8.78. The van der Waals surface area contributed by atoms with E-state index in [0.717, 1.165) is 13.0 Å². The summed E-state index contributed by atoms with van der Waals surface area (Å²) in [5.74, 6) is 0.804. The Kier molecular flexibility index (Phi) is 2.84. The van der Waals surface area contributed by atoms with Crippen LogP contribution >= 0.6 is 0 Å². The third-order valence-electron chi connectivity index (χ3n) is 3.53. The molecule has 2 aliphatic heterocycles. The van der Waals surface area contributed by atoms with Crippen molar-refractivity contribution in [1.29, 1.82) is 0 Å². The van der Waals surface area contributed by atoms with Crippen LogP contribution in [-0.2, 0) is 9.84 Å². The molecule has 82 valence electrons. The van der Waals surface area contributed by atoms with Gasteiger partial charge in [-0.25, -0.2) is 8.42 Å². The van der Waals surface area contributed by atoms with Crippen LogP contribution in [-0.4, -0.2) is 43.5 Å². The van der Waals surface area contributed by atoms with Crippen LogP contribution in [0.3, 0.4) is 0 Å². The van der Waals surface area contributed by atoms with Crippen molar-refractivity contribution in [3.63, 3.8) is 0 Å². The SMILES string of the molecule is CC1CCCCN1C1CCS(=O)(=O)C1. The minimum atomic E-state index is -2.71. The molecule has 0 N–H and O–H groups in total. The molecule has 0 radical (unpaired) electrons. The van der Waals surface area contributed by atoms with Crippen LogP contribution < -0.4 is 0 Å². The van der Waals surface area contributed by atoms with Gasteiger partial charge in [0.1, 0.15) is 0 Å². The first-order valence-corrected chi connectivity index (χ1v) is 7.37. The summed E-state index contributed by atoms with van der Waals surface area (Å²) in [6, 6.07) is 0.900. The van der Waals surface area contributed by atoms with Gasteiger partial charge in [-0.05, 0) is 32.7 Å². The second kappa shape index (κ2) is 3.81. The molecule has 2 saturated heterocycles. The molecule has 0 aromatic carbocycles. The van der Waals surface area contributed by atoms with E-state index in [0.29, 0.717) is 23.6 Å². The summed E-state index contributed by atoms with van der Waals surface area (Å²) in [4.78, 5) is 2.41. The summed E-state index contributed by atoms with van der Waals surface area (Å²) in [5.41, 5.74) is 0. The Bertz CT molecular complexity index is 299. The van der Waals surface area contributed by atoms with E-state index in [4.69, 9.17) is 0 Å². The molecule has 0 amide bonds. The lowest BCUT2D eigenvalue weighted by Crippen LogP contribution is -2.45. The molecule has 0 aromatic rings. The van der Waals surface area contributed by atoms with E-state index in [1.807, 2.05) is 0 Å². The average molecular weight is 217 g/mol. The molecule has 0 bridgehead atoms. The fraction of sp³-hybridized carbons (Fsp3) is 1.00. The second-order valence-electron chi connectivity index (χ2n) is 4.64. The predicted octanol–water partition coefficient (Wildman–Crippen LogP) is 1.05. The molecular weight excluding hydrogens is 198 g/mol. The standard InChI is InChI=1S/C10H19NO2S/c1-9-4-2-3-6-11(9)10-5-7-14(12,13)8-10/h9-10H,2-8H2,1H3. The van der Waals surface area contributed by atoms with Crippen molar-refractivity contribution in [1.82, 2.24) is 4.90 Å². The summed E-state index contributed by atoms with van der Waals surface area (Å²) >= 11 is 0. The molecule has 0 aromatic heterocycles. The van der Waals surface area contributed by atoms with Crippen LogP contribution in [0.15, 0.2) is 0 Å². The summed E-state index contributed by atoms with van der Waals surface area (Å²) in [6.45, 7) is 3.32. The van der Waals surface area contributed by atoms with Gasteiger partial charge in [0.05, 0.1) is 11.5 Å². The molecule has 0 spiro atoms. The molecular formula is C10H19NO2S. The molecule has 14 heavy (non-hydrogen) atoms. The molecule has 2 aliphatic rings. The van der Waals surface area contributed by atoms with Gasteiger partial charge in [-0.1, -0.05) is 6.42 Å². The third kappa shape index (κ3) is 2.11. The zero-order valence-corrected chi connectivity index (χ0v) is 9.59. The summed E-state index contributed by atoms with van der Waals surface area (Å²) in [7, 11) is -2.71. The summed E-state index contributed by atoms with van der Waals surface area (Å²) in [6.07, 6.45) is 4.63. The molecule has 0 aliphatic carbocycles. The molecule has 2 rings (SSSR count). The van der Waals surface area contributed by atoms with Crippen LogP contribution in [0.25, 0.3) is 0 Å². The van der Waals surface area contributed by atoms with E-state index in [1.54, 1.807) is 0 Å². The highest BCUT2D eigenvalue weighted by atomic mass is 32.2. The number of nitrogens with zero attached hydrogens (tertiary/aromatic N) is 1. The lowest BCUT2D eigenvalue weighted by atomic mass is 10.0. The maximum atomic E-state index is 11.4. The number of likely N-dealkylation sites (tertiary alicyclic amines) is 1. The van der Waals surface area contributed by atoms with E-state index in [-0.39, 0.29) is 0 Å². The minimum Gasteiger partial charge on any atom is -0.297 e. The van der Waals surface area contributed by atoms with Gasteiger partial charge in [-0.3, -0.25) is 4.90 Å². The van der Waals surface area contributed by atoms with Crippen LogP contribution in [0.2, 0.25) is 0 Å². The molecule has 2 atom stereocenters. The number of hydrogen-bond donors (Lipinski definition) is 0. The molecule has 4 heteroatoms. The number of piperidine rings is 1. The summed E-state index contributed by atoms with van der Waals surface area (Å²) < 4.78 is 22.7. The number of hydrogen-bond acceptors (Lipinski definition) is 3. The van der Waals surface area contributed by atoms with Crippen molar-refractivity contribution in [2.24, 2.45) is 0 Å². The van der Waals surface area contributed by atoms with E-state index in [9.17, 15) is 8.42 Å². The van der Waals surface area contributed by atoms with Crippen molar-refractivity contribution < 1.29 is 8.42 Å². The van der Waals surface area contributed by atoms with Gasteiger partial charge in [-0.15, -0.1) is 0 Å². The van der Waals surface area contributed by atoms with Crippen LogP contribution in [0.5, 0.6) is 0 Å². The first-order valence-electron chi connectivity index (χ1n) is 5.55. The maximum Gasteiger partial charge on any atom is 0.151 e. The average Bonchev–Trinajstić information content (AvgIpc) is 2.47. The maximum absolute atomic E-state index is 11.4. The quantitative estimate of drug-likeness (QED) is 0.659. The fourth-order valence-electron chi connectivity index (χ4n) is 2.70. The molecule has 2 fully saturated rings. The van der Waals surface area contributed by atoms with Gasteiger partial charge in [0.2, 0.25) is 0 Å². The van der Waals surface area contributed by atoms with Gasteiger partial charge in [0, 0.05) is 12.1 Å². The molecule has 2 unspecified atom stereocenters. The predicted molar refractivity (Wildman–Crippen MR) is 57.1 cm³/mol. The van der Waals surface area contributed by atoms with Crippen molar-refractivity contribution in [3.8, 4) is 0 Å². The van der Waals surface area contributed by atoms with Crippen molar-refractivity contribution in [2.45, 2.75) is 44.7 Å². The smallest absolute Gasteiger partial charge is 0.151 e. The van der Waals surface area contributed by atoms with Gasteiger partial charge < -0.3 is 0 Å². The Morgan fingerprint density at radius 2 is 2.00 bits per heavy atom. The first kappa shape index (κ1) is 10.4. The van der Waals surface area contributed by atoms with Crippen LogP contribution in [0, 0.1) is 0 Å². The van der Waals surface area contributed by atoms with E-state index >= 15 is 0 Å². The normalized spacial score (nSPS) is 38.6. The number of rotatable bonds is 1. The Balaban J connectivity index is 2.01. The van der Waals surface area contributed by atoms with Gasteiger partial charge in [0.15, 0.2) is 9.84 Å². The van der Waals surface area contributed by atoms with E-state index in [1.165, 1.54) is 19.3 Å². The van der Waals surface area contributed by atoms with Crippen LogP contribution in [0.4, 0.5) is 0 Å². The Morgan fingerprint density at radius 1 is 1.21 bits per heavy atom. The van der Waals surface area contributed by atoms with Crippen molar-refractivity contribution in [2.75, 3.05) is 18.1 Å². The lowest BCUT2D eigenvalue weighted by Gasteiger charge is -2.37. The van der Waals surface area contributed by atoms with E-state index < -0.39 is 9.84 Å². The highest BCUT2D eigenvalue weighted by Gasteiger charge is 2.34. The van der Waals surface area contributed by atoms with Gasteiger partial charge in [-0.2, -0.15) is 0 Å². The fourth-order valence-corrected chi connectivity index (χ4v) is 4.44. The highest BCUT2D eigenvalue weighted by Crippen LogP contribution is 2.25. The van der Waals surface area contributed by atoms with E-state index in [2.05, 4.69) is 11.8 Å². The zero-order chi connectivity index (χ0) is 10.2. The monoisotopic (exact) mass is 217 g/mol. The lowest BCUT2D eigenvalue weighted by molar-refractivity contribution is 0.117. The number of sulfone groups is 1. The van der Waals surface area contributed by atoms with Gasteiger partial charge >= 0.3 is 0 Å². The highest BCUT2D eigenvalue weighted by molar-refractivity contribution is 7.91. The molecule has 2 heterocycles. The molecule has 0 saturated carbocycles. The Morgan fingerprint density at radius 3 is 2.57 bits per heavy atom. The van der Waals surface area contributed by atoms with Crippen molar-refractivity contribution in [3.05, 3.63) is 0 Å². The largest absolute Gasteiger partial charge is 0.297 e. The van der Waals surface area contributed by atoms with Crippen LogP contribution in [0.1, 0.15) is 32.6 Å². The topological polar surface area (TPSA) is 37.4 Å². The Hall–Kier alpha value is -0.0900. The molecule has 3 nitrogen and oxygen atoms in total. The third-order valence-corrected chi connectivity index (χ3v) is 5.28. The van der Waals surface area contributed by atoms with Crippen molar-refractivity contribution >= 4 is 9.84 Å². The van der Waals surface area contributed by atoms with Gasteiger partial charge in [0.25, 0.3) is 0 Å². The second-order valence-corrected chi connectivity index (χ2v) is 6.87. The Labute approximate surface area is 86.4 Å².